The molecule has 12 heavy (non-hydrogen) atoms. The van der Waals surface area contributed by atoms with Crippen molar-refractivity contribution in [2.75, 3.05) is 33.9 Å². The molecule has 0 radical (unpaired) electrons. The van der Waals surface area contributed by atoms with Crippen molar-refractivity contribution in [1.82, 2.24) is 4.90 Å². The molecule has 0 aromatic rings. The van der Waals surface area contributed by atoms with Crippen molar-refractivity contribution >= 4 is 0 Å². The SMILES string of the molecule is COCCN(C)CCC(C)(C)O. The van der Waals surface area contributed by atoms with E-state index >= 15 is 0 Å². The predicted molar refractivity (Wildman–Crippen MR) is 50.3 cm³/mol. The van der Waals surface area contributed by atoms with E-state index in [9.17, 15) is 5.11 Å². The summed E-state index contributed by atoms with van der Waals surface area (Å²) in [7, 11) is 3.73. The summed E-state index contributed by atoms with van der Waals surface area (Å²) in [6.45, 7) is 6.25. The van der Waals surface area contributed by atoms with Crippen LogP contribution >= 0.6 is 0 Å². The number of hydrogen-bond acceptors (Lipinski definition) is 3. The number of rotatable bonds is 6. The van der Waals surface area contributed by atoms with Crippen LogP contribution < -0.4 is 0 Å². The fourth-order valence-electron chi connectivity index (χ4n) is 0.823. The zero-order valence-corrected chi connectivity index (χ0v) is 8.63. The summed E-state index contributed by atoms with van der Waals surface area (Å²) in [5, 5.41) is 9.43. The first-order valence-electron chi connectivity index (χ1n) is 4.35. The lowest BCUT2D eigenvalue weighted by Gasteiger charge is -2.22. The van der Waals surface area contributed by atoms with Crippen LogP contribution in [-0.4, -0.2) is 49.5 Å². The number of ether oxygens (including phenoxy) is 1. The van der Waals surface area contributed by atoms with Crippen molar-refractivity contribution in [3.8, 4) is 0 Å². The van der Waals surface area contributed by atoms with Gasteiger partial charge in [0.15, 0.2) is 0 Å². The van der Waals surface area contributed by atoms with Crippen LogP contribution in [0.2, 0.25) is 0 Å². The Kier molecular flexibility index (Phi) is 5.46. The second-order valence-corrected chi connectivity index (χ2v) is 3.86. The van der Waals surface area contributed by atoms with Gasteiger partial charge in [0.05, 0.1) is 12.2 Å². The summed E-state index contributed by atoms with van der Waals surface area (Å²) in [5.41, 5.74) is -0.554. The molecule has 0 aromatic carbocycles. The largest absolute Gasteiger partial charge is 0.390 e. The average Bonchev–Trinajstić information content (AvgIpc) is 1.95. The van der Waals surface area contributed by atoms with E-state index < -0.39 is 5.60 Å². The van der Waals surface area contributed by atoms with Gasteiger partial charge in [0, 0.05) is 20.2 Å². The fraction of sp³-hybridized carbons (Fsp3) is 1.00. The quantitative estimate of drug-likeness (QED) is 0.646. The lowest BCUT2D eigenvalue weighted by atomic mass is 10.1. The van der Waals surface area contributed by atoms with E-state index in [1.807, 2.05) is 20.9 Å². The van der Waals surface area contributed by atoms with E-state index in [4.69, 9.17) is 4.74 Å². The average molecular weight is 175 g/mol. The highest BCUT2D eigenvalue weighted by Crippen LogP contribution is 2.07. The van der Waals surface area contributed by atoms with Gasteiger partial charge in [0.25, 0.3) is 0 Å². The van der Waals surface area contributed by atoms with Crippen molar-refractivity contribution < 1.29 is 9.84 Å². The molecule has 0 bridgehead atoms. The normalized spacial score (nSPS) is 12.5. The van der Waals surface area contributed by atoms with Crippen molar-refractivity contribution in [2.45, 2.75) is 25.9 Å². The molecule has 0 atom stereocenters. The Labute approximate surface area is 75.3 Å². The molecular formula is C9H21NO2. The van der Waals surface area contributed by atoms with Crippen molar-refractivity contribution in [3.63, 3.8) is 0 Å². The van der Waals surface area contributed by atoms with Gasteiger partial charge in [-0.2, -0.15) is 0 Å². The maximum Gasteiger partial charge on any atom is 0.0603 e. The van der Waals surface area contributed by atoms with Crippen LogP contribution in [0.3, 0.4) is 0 Å². The highest BCUT2D eigenvalue weighted by Gasteiger charge is 2.12. The summed E-state index contributed by atoms with van der Waals surface area (Å²) in [5.74, 6) is 0. The Hall–Kier alpha value is -0.120. The molecular weight excluding hydrogens is 154 g/mol. The third kappa shape index (κ3) is 7.98. The first-order chi connectivity index (χ1) is 5.45. The Bertz CT molecular complexity index is 110. The molecule has 3 heteroatoms. The highest BCUT2D eigenvalue weighted by molar-refractivity contribution is 4.66. The fourth-order valence-corrected chi connectivity index (χ4v) is 0.823. The molecule has 0 heterocycles. The number of methoxy groups -OCH3 is 1. The van der Waals surface area contributed by atoms with Gasteiger partial charge in [-0.05, 0) is 27.3 Å². The number of hydrogen-bond donors (Lipinski definition) is 1. The molecule has 0 rings (SSSR count). The third-order valence-electron chi connectivity index (χ3n) is 1.78. The van der Waals surface area contributed by atoms with Crippen molar-refractivity contribution in [1.29, 1.82) is 0 Å². The summed E-state index contributed by atoms with van der Waals surface area (Å²) in [6.07, 6.45) is 0.799. The predicted octanol–water partition coefficient (Wildman–Crippen LogP) is 0.726. The minimum atomic E-state index is -0.554. The van der Waals surface area contributed by atoms with Crippen molar-refractivity contribution in [2.24, 2.45) is 0 Å². The van der Waals surface area contributed by atoms with Gasteiger partial charge in [-0.1, -0.05) is 0 Å². The summed E-state index contributed by atoms with van der Waals surface area (Å²) in [4.78, 5) is 2.15. The molecule has 1 N–H and O–H groups in total. The topological polar surface area (TPSA) is 32.7 Å². The molecule has 0 saturated heterocycles. The van der Waals surface area contributed by atoms with Crippen LogP contribution in [0.15, 0.2) is 0 Å². The molecule has 0 unspecified atom stereocenters. The monoisotopic (exact) mass is 175 g/mol. The van der Waals surface area contributed by atoms with Gasteiger partial charge in [-0.25, -0.2) is 0 Å². The molecule has 0 amide bonds. The van der Waals surface area contributed by atoms with E-state index in [-0.39, 0.29) is 0 Å². The van der Waals surface area contributed by atoms with E-state index in [1.165, 1.54) is 0 Å². The zero-order valence-electron chi connectivity index (χ0n) is 8.63. The molecule has 0 saturated carbocycles. The van der Waals surface area contributed by atoms with Gasteiger partial charge in [-0.15, -0.1) is 0 Å². The van der Waals surface area contributed by atoms with Gasteiger partial charge in [0.2, 0.25) is 0 Å². The van der Waals surface area contributed by atoms with E-state index in [0.29, 0.717) is 0 Å². The Morgan fingerprint density at radius 3 is 2.33 bits per heavy atom. The Morgan fingerprint density at radius 1 is 1.33 bits per heavy atom. The first kappa shape index (κ1) is 11.9. The number of nitrogens with zero attached hydrogens (tertiary/aromatic N) is 1. The molecule has 0 aromatic heterocycles. The minimum absolute atomic E-state index is 0.554. The maximum absolute atomic E-state index is 9.43. The molecule has 0 aliphatic heterocycles. The number of likely N-dealkylation sites (N-methyl/N-ethyl adjacent to an activating group) is 1. The van der Waals surface area contributed by atoms with E-state index in [2.05, 4.69) is 4.90 Å². The van der Waals surface area contributed by atoms with Crippen LogP contribution in [0.1, 0.15) is 20.3 Å². The summed E-state index contributed by atoms with van der Waals surface area (Å²) >= 11 is 0. The smallest absolute Gasteiger partial charge is 0.0603 e. The maximum atomic E-state index is 9.43. The molecule has 74 valence electrons. The second kappa shape index (κ2) is 5.51. The molecule has 0 aliphatic rings. The second-order valence-electron chi connectivity index (χ2n) is 3.86. The van der Waals surface area contributed by atoms with Gasteiger partial charge in [0.1, 0.15) is 0 Å². The van der Waals surface area contributed by atoms with E-state index in [1.54, 1.807) is 7.11 Å². The van der Waals surface area contributed by atoms with E-state index in [0.717, 1.165) is 26.1 Å². The standard InChI is InChI=1S/C9H21NO2/c1-9(2,11)5-6-10(3)7-8-12-4/h11H,5-8H2,1-4H3. The zero-order chi connectivity index (χ0) is 9.61. The molecule has 0 aliphatic carbocycles. The van der Waals surface area contributed by atoms with Gasteiger partial charge >= 0.3 is 0 Å². The summed E-state index contributed by atoms with van der Waals surface area (Å²) in [6, 6.07) is 0. The van der Waals surface area contributed by atoms with Gasteiger partial charge in [-0.3, -0.25) is 0 Å². The van der Waals surface area contributed by atoms with Crippen LogP contribution in [-0.2, 0) is 4.74 Å². The minimum Gasteiger partial charge on any atom is -0.390 e. The third-order valence-corrected chi connectivity index (χ3v) is 1.78. The van der Waals surface area contributed by atoms with Crippen LogP contribution in [0.4, 0.5) is 0 Å². The van der Waals surface area contributed by atoms with Crippen LogP contribution in [0.25, 0.3) is 0 Å². The molecule has 3 nitrogen and oxygen atoms in total. The van der Waals surface area contributed by atoms with Crippen LogP contribution in [0, 0.1) is 0 Å². The Balaban J connectivity index is 3.37. The van der Waals surface area contributed by atoms with Crippen molar-refractivity contribution in [3.05, 3.63) is 0 Å². The lowest BCUT2D eigenvalue weighted by Crippen LogP contribution is -2.30. The Morgan fingerprint density at radius 2 is 1.92 bits per heavy atom. The number of aliphatic hydroxyl groups is 1. The molecule has 0 spiro atoms. The first-order valence-corrected chi connectivity index (χ1v) is 4.35. The lowest BCUT2D eigenvalue weighted by molar-refractivity contribution is 0.0572. The van der Waals surface area contributed by atoms with Gasteiger partial charge < -0.3 is 14.7 Å². The van der Waals surface area contributed by atoms with Crippen LogP contribution in [0.5, 0.6) is 0 Å². The highest BCUT2D eigenvalue weighted by atomic mass is 16.5. The summed E-state index contributed by atoms with van der Waals surface area (Å²) < 4.78 is 4.94. The molecule has 0 fully saturated rings.